The summed E-state index contributed by atoms with van der Waals surface area (Å²) in [5.41, 5.74) is 0. The summed E-state index contributed by atoms with van der Waals surface area (Å²) in [4.78, 5) is 33.1. The van der Waals surface area contributed by atoms with Crippen LogP contribution < -0.4 is 0 Å². The second kappa shape index (κ2) is 6.40. The lowest BCUT2D eigenvalue weighted by Gasteiger charge is -2.15. The molecule has 0 aromatic heterocycles. The van der Waals surface area contributed by atoms with E-state index < -0.39 is 0 Å². The number of rotatable bonds is 6. The van der Waals surface area contributed by atoms with E-state index in [9.17, 15) is 14.4 Å². The van der Waals surface area contributed by atoms with Gasteiger partial charge in [0.25, 0.3) is 0 Å². The van der Waals surface area contributed by atoms with E-state index in [1.54, 1.807) is 6.92 Å². The molecule has 1 rings (SSSR count). The quantitative estimate of drug-likeness (QED) is 0.509. The minimum atomic E-state index is -0.216. The van der Waals surface area contributed by atoms with Crippen molar-refractivity contribution in [2.75, 3.05) is 6.61 Å². The van der Waals surface area contributed by atoms with E-state index in [1.807, 2.05) is 0 Å². The summed E-state index contributed by atoms with van der Waals surface area (Å²) in [5, 5.41) is 0. The summed E-state index contributed by atoms with van der Waals surface area (Å²) in [5.74, 6) is -0.0262. The van der Waals surface area contributed by atoms with Crippen LogP contribution in [0.3, 0.4) is 0 Å². The Balaban J connectivity index is 2.38. The van der Waals surface area contributed by atoms with Crippen LogP contribution in [0.5, 0.6) is 0 Å². The van der Waals surface area contributed by atoms with Crippen molar-refractivity contribution in [2.24, 2.45) is 11.8 Å². The molecule has 0 aromatic rings. The third-order valence-corrected chi connectivity index (χ3v) is 3.12. The van der Waals surface area contributed by atoms with Gasteiger partial charge >= 0.3 is 5.97 Å². The first-order valence-electron chi connectivity index (χ1n) is 5.81. The predicted molar refractivity (Wildman–Crippen MR) is 57.8 cm³/mol. The normalized spacial score (nSPS) is 24.4. The lowest BCUT2D eigenvalue weighted by Crippen LogP contribution is -2.17. The van der Waals surface area contributed by atoms with Crippen LogP contribution in [-0.4, -0.2) is 24.6 Å². The van der Waals surface area contributed by atoms with Gasteiger partial charge in [-0.1, -0.05) is 0 Å². The Kier molecular flexibility index (Phi) is 5.15. The number of esters is 1. The van der Waals surface area contributed by atoms with Crippen LogP contribution in [0.25, 0.3) is 0 Å². The molecule has 0 heterocycles. The zero-order valence-electron chi connectivity index (χ0n) is 9.61. The van der Waals surface area contributed by atoms with Gasteiger partial charge in [0.05, 0.1) is 6.61 Å². The molecule has 1 fully saturated rings. The molecule has 2 atom stereocenters. The molecule has 1 aliphatic carbocycles. The number of Topliss-reactive ketones (excluding diaryl/α,β-unsaturated/α-hetero) is 1. The highest BCUT2D eigenvalue weighted by Gasteiger charge is 2.34. The van der Waals surface area contributed by atoms with E-state index in [4.69, 9.17) is 4.74 Å². The van der Waals surface area contributed by atoms with Gasteiger partial charge in [-0.05, 0) is 25.7 Å². The highest BCUT2D eigenvalue weighted by atomic mass is 16.5. The van der Waals surface area contributed by atoms with Gasteiger partial charge < -0.3 is 9.53 Å². The minimum Gasteiger partial charge on any atom is -0.466 e. The first-order valence-corrected chi connectivity index (χ1v) is 5.81. The molecule has 16 heavy (non-hydrogen) atoms. The summed E-state index contributed by atoms with van der Waals surface area (Å²) >= 11 is 0. The van der Waals surface area contributed by atoms with Gasteiger partial charge in [-0.3, -0.25) is 9.59 Å². The van der Waals surface area contributed by atoms with Crippen molar-refractivity contribution in [2.45, 2.75) is 39.0 Å². The van der Waals surface area contributed by atoms with Crippen molar-refractivity contribution in [1.82, 2.24) is 0 Å². The Morgan fingerprint density at radius 2 is 2.31 bits per heavy atom. The van der Waals surface area contributed by atoms with Crippen molar-refractivity contribution >= 4 is 18.0 Å². The van der Waals surface area contributed by atoms with Crippen LogP contribution in [0.1, 0.15) is 39.0 Å². The highest BCUT2D eigenvalue weighted by Crippen LogP contribution is 2.34. The van der Waals surface area contributed by atoms with E-state index >= 15 is 0 Å². The number of ether oxygens (including phenoxy) is 1. The second-order valence-electron chi connectivity index (χ2n) is 4.12. The fraction of sp³-hybridized carbons (Fsp3) is 0.750. The molecule has 0 radical (unpaired) electrons. The van der Waals surface area contributed by atoms with Gasteiger partial charge in [0.1, 0.15) is 12.1 Å². The molecule has 0 bridgehead atoms. The van der Waals surface area contributed by atoms with E-state index in [0.717, 1.165) is 12.7 Å². The standard InChI is InChI=1S/C12H18O4/c1-2-16-12(15)6-4-9-3-5-11(14)10(9)7-8-13/h8-10H,2-7H2,1H3/t9-,10-/m0/s1. The van der Waals surface area contributed by atoms with E-state index in [0.29, 0.717) is 32.3 Å². The molecule has 4 nitrogen and oxygen atoms in total. The molecule has 4 heteroatoms. The van der Waals surface area contributed by atoms with E-state index in [1.165, 1.54) is 0 Å². The third kappa shape index (κ3) is 3.43. The molecular formula is C12H18O4. The first kappa shape index (κ1) is 12.9. The topological polar surface area (TPSA) is 60.4 Å². The minimum absolute atomic E-state index is 0.160. The number of ketones is 1. The summed E-state index contributed by atoms with van der Waals surface area (Å²) in [6.07, 6.45) is 3.45. The van der Waals surface area contributed by atoms with Gasteiger partial charge in [-0.25, -0.2) is 0 Å². The molecule has 0 spiro atoms. The molecule has 0 N–H and O–H groups in total. The predicted octanol–water partition coefficient (Wildman–Crippen LogP) is 1.51. The van der Waals surface area contributed by atoms with Crippen molar-refractivity contribution in [3.05, 3.63) is 0 Å². The maximum absolute atomic E-state index is 11.5. The Bertz CT molecular complexity index is 272. The Morgan fingerprint density at radius 1 is 1.56 bits per heavy atom. The van der Waals surface area contributed by atoms with Crippen molar-refractivity contribution in [3.8, 4) is 0 Å². The zero-order valence-corrected chi connectivity index (χ0v) is 9.61. The van der Waals surface area contributed by atoms with Crippen molar-refractivity contribution in [1.29, 1.82) is 0 Å². The average Bonchev–Trinajstić information content (AvgIpc) is 2.59. The maximum Gasteiger partial charge on any atom is 0.305 e. The molecule has 1 aliphatic rings. The summed E-state index contributed by atoms with van der Waals surface area (Å²) in [6, 6.07) is 0. The molecule has 0 amide bonds. The largest absolute Gasteiger partial charge is 0.466 e. The smallest absolute Gasteiger partial charge is 0.305 e. The molecule has 0 aliphatic heterocycles. The van der Waals surface area contributed by atoms with Crippen LogP contribution in [0, 0.1) is 11.8 Å². The maximum atomic E-state index is 11.5. The van der Waals surface area contributed by atoms with Crippen LogP contribution in [0.2, 0.25) is 0 Å². The van der Waals surface area contributed by atoms with Gasteiger partial charge in [0, 0.05) is 25.2 Å². The molecule has 0 unspecified atom stereocenters. The zero-order chi connectivity index (χ0) is 12.0. The van der Waals surface area contributed by atoms with Gasteiger partial charge in [-0.2, -0.15) is 0 Å². The number of carbonyl (C=O) groups is 3. The third-order valence-electron chi connectivity index (χ3n) is 3.12. The number of aldehydes is 1. The van der Waals surface area contributed by atoms with Gasteiger partial charge in [0.2, 0.25) is 0 Å². The summed E-state index contributed by atoms with van der Waals surface area (Å²) < 4.78 is 4.83. The van der Waals surface area contributed by atoms with Crippen LogP contribution >= 0.6 is 0 Å². The number of hydrogen-bond donors (Lipinski definition) is 0. The van der Waals surface area contributed by atoms with E-state index in [2.05, 4.69) is 0 Å². The molecule has 0 aromatic carbocycles. The van der Waals surface area contributed by atoms with Crippen molar-refractivity contribution in [3.63, 3.8) is 0 Å². The highest BCUT2D eigenvalue weighted by molar-refractivity contribution is 5.85. The molecule has 1 saturated carbocycles. The Labute approximate surface area is 95.3 Å². The van der Waals surface area contributed by atoms with Crippen LogP contribution in [0.15, 0.2) is 0 Å². The van der Waals surface area contributed by atoms with Gasteiger partial charge in [0.15, 0.2) is 0 Å². The Hall–Kier alpha value is -1.19. The molecular weight excluding hydrogens is 208 g/mol. The molecule has 90 valence electrons. The lowest BCUT2D eigenvalue weighted by atomic mass is 9.89. The van der Waals surface area contributed by atoms with Gasteiger partial charge in [-0.15, -0.1) is 0 Å². The molecule has 0 saturated heterocycles. The fourth-order valence-electron chi connectivity index (χ4n) is 2.29. The summed E-state index contributed by atoms with van der Waals surface area (Å²) in [7, 11) is 0. The summed E-state index contributed by atoms with van der Waals surface area (Å²) in [6.45, 7) is 2.16. The Morgan fingerprint density at radius 3 is 2.94 bits per heavy atom. The SMILES string of the molecule is CCOC(=O)CC[C@@H]1CCC(=O)[C@H]1CC=O. The fourth-order valence-corrected chi connectivity index (χ4v) is 2.29. The monoisotopic (exact) mass is 226 g/mol. The van der Waals surface area contributed by atoms with Crippen LogP contribution in [0.4, 0.5) is 0 Å². The van der Waals surface area contributed by atoms with Crippen molar-refractivity contribution < 1.29 is 19.1 Å². The van der Waals surface area contributed by atoms with E-state index in [-0.39, 0.29) is 23.6 Å². The number of hydrogen-bond acceptors (Lipinski definition) is 4. The first-order chi connectivity index (χ1) is 7.69. The second-order valence-corrected chi connectivity index (χ2v) is 4.12. The number of carbonyl (C=O) groups excluding carboxylic acids is 3. The average molecular weight is 226 g/mol. The lowest BCUT2D eigenvalue weighted by molar-refractivity contribution is -0.143. The van der Waals surface area contributed by atoms with Crippen LogP contribution in [-0.2, 0) is 19.1 Å².